The Morgan fingerprint density at radius 3 is 2.84 bits per heavy atom. The highest BCUT2D eigenvalue weighted by atomic mass is 35.5. The van der Waals surface area contributed by atoms with E-state index in [9.17, 15) is 4.79 Å². The summed E-state index contributed by atoms with van der Waals surface area (Å²) in [4.78, 5) is 16.4. The van der Waals surface area contributed by atoms with Crippen LogP contribution in [0.25, 0.3) is 11.4 Å². The highest BCUT2D eigenvalue weighted by Crippen LogP contribution is 2.31. The molecule has 0 aliphatic heterocycles. The summed E-state index contributed by atoms with van der Waals surface area (Å²) in [5, 5.41) is 10.8. The maximum Gasteiger partial charge on any atom is 0.234 e. The summed E-state index contributed by atoms with van der Waals surface area (Å²) in [6.45, 7) is 0. The minimum absolute atomic E-state index is 0.122. The fourth-order valence-electron chi connectivity index (χ4n) is 2.15. The van der Waals surface area contributed by atoms with Crippen LogP contribution in [-0.2, 0) is 4.79 Å². The Morgan fingerprint density at radius 2 is 2.08 bits per heavy atom. The third kappa shape index (κ3) is 4.52. The molecule has 0 spiro atoms. The number of ether oxygens (including phenoxy) is 1. The van der Waals surface area contributed by atoms with Crippen molar-refractivity contribution in [3.8, 4) is 17.1 Å². The molecule has 0 saturated carbocycles. The number of H-pyrrole nitrogens is 1. The lowest BCUT2D eigenvalue weighted by atomic mass is 10.2. The predicted octanol–water partition coefficient (Wildman–Crippen LogP) is 3.86. The van der Waals surface area contributed by atoms with E-state index in [4.69, 9.17) is 16.3 Å². The third-order valence-electron chi connectivity index (χ3n) is 3.27. The molecule has 3 rings (SSSR count). The highest BCUT2D eigenvalue weighted by Gasteiger charge is 2.13. The van der Waals surface area contributed by atoms with Crippen LogP contribution in [0.1, 0.15) is 0 Å². The smallest absolute Gasteiger partial charge is 0.234 e. The Morgan fingerprint density at radius 1 is 1.28 bits per heavy atom. The molecule has 0 atom stereocenters. The minimum Gasteiger partial charge on any atom is -0.496 e. The van der Waals surface area contributed by atoms with E-state index in [0.29, 0.717) is 27.3 Å². The number of thioether (sulfide) groups is 1. The van der Waals surface area contributed by atoms with E-state index >= 15 is 0 Å². The number of para-hydroxylation sites is 1. The Balaban J connectivity index is 1.64. The van der Waals surface area contributed by atoms with E-state index in [2.05, 4.69) is 20.5 Å². The van der Waals surface area contributed by atoms with Gasteiger partial charge in [0.1, 0.15) is 5.75 Å². The molecule has 0 saturated heterocycles. The van der Waals surface area contributed by atoms with Crippen molar-refractivity contribution in [2.24, 2.45) is 0 Å². The first-order valence-electron chi connectivity index (χ1n) is 7.39. The van der Waals surface area contributed by atoms with E-state index in [1.54, 1.807) is 25.3 Å². The summed E-state index contributed by atoms with van der Waals surface area (Å²) in [7, 11) is 1.58. The van der Waals surface area contributed by atoms with Crippen molar-refractivity contribution in [1.82, 2.24) is 15.2 Å². The van der Waals surface area contributed by atoms with Crippen molar-refractivity contribution < 1.29 is 9.53 Å². The SMILES string of the molecule is COc1ccc(Cl)cc1-c1nc(SCC(=O)Nc2ccccc2)n[nH]1. The number of aromatic nitrogens is 3. The molecular formula is C17H15ClN4O2S. The number of benzene rings is 2. The fraction of sp³-hybridized carbons (Fsp3) is 0.118. The molecule has 3 aromatic rings. The topological polar surface area (TPSA) is 79.9 Å². The van der Waals surface area contributed by atoms with Crippen molar-refractivity contribution >= 4 is 35.0 Å². The van der Waals surface area contributed by atoms with Crippen LogP contribution in [0.4, 0.5) is 5.69 Å². The van der Waals surface area contributed by atoms with Crippen molar-refractivity contribution in [1.29, 1.82) is 0 Å². The van der Waals surface area contributed by atoms with Gasteiger partial charge in [0.05, 0.1) is 18.4 Å². The summed E-state index contributed by atoms with van der Waals surface area (Å²) in [5.41, 5.74) is 1.47. The number of carbonyl (C=O) groups is 1. The lowest BCUT2D eigenvalue weighted by Crippen LogP contribution is -2.13. The van der Waals surface area contributed by atoms with Gasteiger partial charge >= 0.3 is 0 Å². The quantitative estimate of drug-likeness (QED) is 0.640. The number of amides is 1. The summed E-state index contributed by atoms with van der Waals surface area (Å²) >= 11 is 7.28. The van der Waals surface area contributed by atoms with Crippen LogP contribution in [0.3, 0.4) is 0 Å². The molecule has 8 heteroatoms. The zero-order valence-corrected chi connectivity index (χ0v) is 14.9. The lowest BCUT2D eigenvalue weighted by molar-refractivity contribution is -0.113. The number of hydrogen-bond acceptors (Lipinski definition) is 5. The molecule has 0 aliphatic carbocycles. The molecule has 0 radical (unpaired) electrons. The minimum atomic E-state index is -0.122. The summed E-state index contributed by atoms with van der Waals surface area (Å²) in [6.07, 6.45) is 0. The van der Waals surface area contributed by atoms with Gasteiger partial charge < -0.3 is 10.1 Å². The van der Waals surface area contributed by atoms with Gasteiger partial charge in [-0.1, -0.05) is 41.6 Å². The lowest BCUT2D eigenvalue weighted by Gasteiger charge is -2.05. The van der Waals surface area contributed by atoms with Gasteiger partial charge in [-0.05, 0) is 30.3 Å². The van der Waals surface area contributed by atoms with Gasteiger partial charge in [0, 0.05) is 10.7 Å². The standard InChI is InChI=1S/C17H15ClN4O2S/c1-24-14-8-7-11(18)9-13(14)16-20-17(22-21-16)25-10-15(23)19-12-5-3-2-4-6-12/h2-9H,10H2,1H3,(H,19,23)(H,20,21,22). The number of rotatable bonds is 6. The number of methoxy groups -OCH3 is 1. The normalized spacial score (nSPS) is 10.5. The van der Waals surface area contributed by atoms with Crippen molar-refractivity contribution in [2.75, 3.05) is 18.2 Å². The van der Waals surface area contributed by atoms with Gasteiger partial charge in [-0.25, -0.2) is 4.98 Å². The van der Waals surface area contributed by atoms with Crippen LogP contribution in [0.5, 0.6) is 5.75 Å². The molecule has 0 aliphatic rings. The number of anilines is 1. The Hall–Kier alpha value is -2.51. The maximum absolute atomic E-state index is 12.0. The van der Waals surface area contributed by atoms with Gasteiger partial charge in [-0.2, -0.15) is 0 Å². The van der Waals surface area contributed by atoms with Crippen molar-refractivity contribution in [3.05, 3.63) is 53.6 Å². The average Bonchev–Trinajstić information content (AvgIpc) is 3.10. The molecule has 128 valence electrons. The van der Waals surface area contributed by atoms with E-state index < -0.39 is 0 Å². The molecule has 25 heavy (non-hydrogen) atoms. The molecular weight excluding hydrogens is 360 g/mol. The number of carbonyl (C=O) groups excluding carboxylic acids is 1. The fourth-order valence-corrected chi connectivity index (χ4v) is 2.92. The summed E-state index contributed by atoms with van der Waals surface area (Å²) in [6, 6.07) is 14.5. The van der Waals surface area contributed by atoms with E-state index in [1.807, 2.05) is 30.3 Å². The first-order chi connectivity index (χ1) is 12.2. The molecule has 1 heterocycles. The van der Waals surface area contributed by atoms with Gasteiger partial charge in [-0.15, -0.1) is 5.10 Å². The number of nitrogens with zero attached hydrogens (tertiary/aromatic N) is 2. The van der Waals surface area contributed by atoms with Crippen LogP contribution in [0, 0.1) is 0 Å². The summed E-state index contributed by atoms with van der Waals surface area (Å²) in [5.74, 6) is 1.26. The molecule has 0 bridgehead atoms. The first-order valence-corrected chi connectivity index (χ1v) is 8.76. The molecule has 1 aromatic heterocycles. The van der Waals surface area contributed by atoms with Crippen LogP contribution < -0.4 is 10.1 Å². The van der Waals surface area contributed by atoms with Gasteiger partial charge in [0.25, 0.3) is 0 Å². The third-order valence-corrected chi connectivity index (χ3v) is 4.35. The van der Waals surface area contributed by atoms with Crippen LogP contribution in [-0.4, -0.2) is 34.0 Å². The van der Waals surface area contributed by atoms with Gasteiger partial charge in [-0.3, -0.25) is 9.89 Å². The van der Waals surface area contributed by atoms with Crippen LogP contribution >= 0.6 is 23.4 Å². The van der Waals surface area contributed by atoms with Gasteiger partial charge in [0.2, 0.25) is 11.1 Å². The monoisotopic (exact) mass is 374 g/mol. The molecule has 2 N–H and O–H groups in total. The molecule has 1 amide bonds. The zero-order valence-electron chi connectivity index (χ0n) is 13.3. The second-order valence-electron chi connectivity index (χ2n) is 5.01. The van der Waals surface area contributed by atoms with Crippen LogP contribution in [0.2, 0.25) is 5.02 Å². The van der Waals surface area contributed by atoms with E-state index in [1.165, 1.54) is 11.8 Å². The number of halogens is 1. The number of nitrogens with one attached hydrogen (secondary N) is 2. The second-order valence-corrected chi connectivity index (χ2v) is 6.39. The Kier molecular flexibility index (Phi) is 5.57. The molecule has 6 nitrogen and oxygen atoms in total. The van der Waals surface area contributed by atoms with Crippen molar-refractivity contribution in [2.45, 2.75) is 5.16 Å². The second kappa shape index (κ2) is 8.04. The Labute approximate surface area is 154 Å². The van der Waals surface area contributed by atoms with Crippen molar-refractivity contribution in [3.63, 3.8) is 0 Å². The predicted molar refractivity (Wildman–Crippen MR) is 99.2 cm³/mol. The Bertz CT molecular complexity index is 870. The largest absolute Gasteiger partial charge is 0.496 e. The van der Waals surface area contributed by atoms with Gasteiger partial charge in [0.15, 0.2) is 5.82 Å². The first kappa shape index (κ1) is 17.3. The van der Waals surface area contributed by atoms with E-state index in [0.717, 1.165) is 5.69 Å². The van der Waals surface area contributed by atoms with Crippen LogP contribution in [0.15, 0.2) is 53.7 Å². The molecule has 0 unspecified atom stereocenters. The zero-order chi connectivity index (χ0) is 17.6. The van der Waals surface area contributed by atoms with E-state index in [-0.39, 0.29) is 11.7 Å². The average molecular weight is 375 g/mol. The highest BCUT2D eigenvalue weighted by molar-refractivity contribution is 7.99. The number of aromatic amines is 1. The maximum atomic E-state index is 12.0. The molecule has 0 fully saturated rings. The number of hydrogen-bond donors (Lipinski definition) is 2. The molecule has 2 aromatic carbocycles. The summed E-state index contributed by atoms with van der Waals surface area (Å²) < 4.78 is 5.31.